The Bertz CT molecular complexity index is 421. The number of aliphatic hydroxyl groups is 1. The van der Waals surface area contributed by atoms with Gasteiger partial charge in [-0.2, -0.15) is 0 Å². The Morgan fingerprint density at radius 1 is 1.59 bits per heavy atom. The molecule has 0 heterocycles. The molecule has 0 aliphatic carbocycles. The van der Waals surface area contributed by atoms with E-state index in [1.807, 2.05) is 0 Å². The largest absolute Gasteiger partial charge is 0.396 e. The van der Waals surface area contributed by atoms with Crippen LogP contribution in [0.1, 0.15) is 10.4 Å². The Kier molecular flexibility index (Phi) is 4.66. The molecule has 0 unspecified atom stereocenters. The van der Waals surface area contributed by atoms with E-state index in [-0.39, 0.29) is 30.3 Å². The summed E-state index contributed by atoms with van der Waals surface area (Å²) < 4.78 is 13.2. The maximum atomic E-state index is 13.2. The molecular weight excluding hydrogens is 223 g/mol. The van der Waals surface area contributed by atoms with Crippen LogP contribution in [0.4, 0.5) is 10.1 Å². The summed E-state index contributed by atoms with van der Waals surface area (Å²) >= 11 is 0. The lowest BCUT2D eigenvalue weighted by Crippen LogP contribution is -2.33. The lowest BCUT2D eigenvalue weighted by molar-refractivity contribution is 0.0742. The van der Waals surface area contributed by atoms with Gasteiger partial charge in [-0.3, -0.25) is 4.79 Å². The van der Waals surface area contributed by atoms with E-state index in [0.717, 1.165) is 6.07 Å². The average molecular weight is 238 g/mol. The Labute approximate surface area is 99.2 Å². The first kappa shape index (κ1) is 13.2. The smallest absolute Gasteiger partial charge is 0.254 e. The molecule has 0 spiro atoms. The summed E-state index contributed by atoms with van der Waals surface area (Å²) in [6.45, 7) is 3.84. The monoisotopic (exact) mass is 238 g/mol. The number of rotatable bonds is 5. The van der Waals surface area contributed by atoms with Crippen molar-refractivity contribution < 1.29 is 14.3 Å². The highest BCUT2D eigenvalue weighted by molar-refractivity contribution is 5.94. The van der Waals surface area contributed by atoms with E-state index in [9.17, 15) is 9.18 Å². The molecule has 0 saturated heterocycles. The lowest BCUT2D eigenvalue weighted by Gasteiger charge is -2.20. The normalized spacial score (nSPS) is 10.0. The summed E-state index contributed by atoms with van der Waals surface area (Å²) in [5, 5.41) is 8.84. The van der Waals surface area contributed by atoms with Gasteiger partial charge < -0.3 is 15.7 Å². The number of hydrogen-bond donors (Lipinski definition) is 2. The second kappa shape index (κ2) is 6.00. The number of nitrogens with zero attached hydrogens (tertiary/aromatic N) is 1. The van der Waals surface area contributed by atoms with Crippen molar-refractivity contribution in [2.24, 2.45) is 0 Å². The van der Waals surface area contributed by atoms with Gasteiger partial charge in [-0.1, -0.05) is 6.08 Å². The van der Waals surface area contributed by atoms with E-state index in [0.29, 0.717) is 6.54 Å². The van der Waals surface area contributed by atoms with Crippen LogP contribution in [0.5, 0.6) is 0 Å². The van der Waals surface area contributed by atoms with Crippen molar-refractivity contribution in [3.8, 4) is 0 Å². The number of benzene rings is 1. The molecule has 0 aromatic heterocycles. The van der Waals surface area contributed by atoms with Crippen molar-refractivity contribution in [1.29, 1.82) is 0 Å². The maximum Gasteiger partial charge on any atom is 0.254 e. The number of anilines is 1. The average Bonchev–Trinajstić information content (AvgIpc) is 2.31. The van der Waals surface area contributed by atoms with Crippen LogP contribution < -0.4 is 5.73 Å². The van der Waals surface area contributed by atoms with Gasteiger partial charge in [0.2, 0.25) is 0 Å². The number of carbonyl (C=O) groups excluding carboxylic acids is 1. The molecular formula is C12H15FN2O2. The highest BCUT2D eigenvalue weighted by Gasteiger charge is 2.15. The molecule has 3 N–H and O–H groups in total. The highest BCUT2D eigenvalue weighted by atomic mass is 19.1. The van der Waals surface area contributed by atoms with Gasteiger partial charge in [0.1, 0.15) is 5.82 Å². The van der Waals surface area contributed by atoms with Crippen LogP contribution in [-0.2, 0) is 0 Å². The summed E-state index contributed by atoms with van der Waals surface area (Å²) in [4.78, 5) is 13.3. The third kappa shape index (κ3) is 3.29. The highest BCUT2D eigenvalue weighted by Crippen LogP contribution is 2.13. The summed E-state index contributed by atoms with van der Waals surface area (Å²) in [6.07, 6.45) is 1.54. The van der Waals surface area contributed by atoms with E-state index >= 15 is 0 Å². The van der Waals surface area contributed by atoms with Gasteiger partial charge in [-0.25, -0.2) is 4.39 Å². The predicted octanol–water partition coefficient (Wildman–Crippen LogP) is 1.03. The molecule has 0 aliphatic rings. The summed E-state index contributed by atoms with van der Waals surface area (Å²) in [7, 11) is 0. The molecule has 0 bridgehead atoms. The molecule has 0 saturated carbocycles. The number of nitrogens with two attached hydrogens (primary N) is 1. The fourth-order valence-electron chi connectivity index (χ4n) is 1.40. The third-order valence-corrected chi connectivity index (χ3v) is 2.25. The Hall–Kier alpha value is -1.88. The number of nitrogen functional groups attached to an aromatic ring is 1. The van der Waals surface area contributed by atoms with Crippen molar-refractivity contribution >= 4 is 11.6 Å². The number of halogens is 1. The minimum Gasteiger partial charge on any atom is -0.396 e. The van der Waals surface area contributed by atoms with Crippen molar-refractivity contribution in [3.63, 3.8) is 0 Å². The molecule has 0 atom stereocenters. The first-order valence-corrected chi connectivity index (χ1v) is 5.16. The maximum absolute atomic E-state index is 13.2. The Morgan fingerprint density at radius 3 is 2.82 bits per heavy atom. The number of aliphatic hydroxyl groups excluding tert-OH is 1. The van der Waals surface area contributed by atoms with Crippen LogP contribution in [0.25, 0.3) is 0 Å². The molecule has 1 rings (SSSR count). The minimum absolute atomic E-state index is 0.000945. The molecule has 17 heavy (non-hydrogen) atoms. The Balaban J connectivity index is 2.92. The van der Waals surface area contributed by atoms with Crippen LogP contribution in [0.15, 0.2) is 30.9 Å². The molecule has 1 aromatic rings. The zero-order valence-corrected chi connectivity index (χ0v) is 9.40. The predicted molar refractivity (Wildman–Crippen MR) is 64.0 cm³/mol. The quantitative estimate of drug-likeness (QED) is 0.594. The van der Waals surface area contributed by atoms with Crippen molar-refractivity contribution in [2.45, 2.75) is 0 Å². The van der Waals surface area contributed by atoms with Gasteiger partial charge in [0.15, 0.2) is 0 Å². The van der Waals surface area contributed by atoms with Crippen LogP contribution in [0.2, 0.25) is 0 Å². The topological polar surface area (TPSA) is 66.6 Å². The molecule has 5 heteroatoms. The number of hydrogen-bond acceptors (Lipinski definition) is 3. The van der Waals surface area contributed by atoms with E-state index in [2.05, 4.69) is 6.58 Å². The second-order valence-electron chi connectivity index (χ2n) is 3.50. The first-order valence-electron chi connectivity index (χ1n) is 5.16. The van der Waals surface area contributed by atoms with E-state index in [4.69, 9.17) is 10.8 Å². The zero-order chi connectivity index (χ0) is 12.8. The van der Waals surface area contributed by atoms with Crippen molar-refractivity contribution in [2.75, 3.05) is 25.4 Å². The first-order chi connectivity index (χ1) is 8.10. The molecule has 92 valence electrons. The van der Waals surface area contributed by atoms with Gasteiger partial charge in [-0.15, -0.1) is 6.58 Å². The van der Waals surface area contributed by atoms with Crippen LogP contribution in [0, 0.1) is 5.82 Å². The van der Waals surface area contributed by atoms with Gasteiger partial charge in [0, 0.05) is 18.7 Å². The van der Waals surface area contributed by atoms with Gasteiger partial charge in [-0.05, 0) is 18.2 Å². The van der Waals surface area contributed by atoms with Crippen molar-refractivity contribution in [3.05, 3.63) is 42.2 Å². The number of amides is 1. The van der Waals surface area contributed by atoms with E-state index in [1.165, 1.54) is 17.0 Å². The van der Waals surface area contributed by atoms with Crippen molar-refractivity contribution in [1.82, 2.24) is 4.90 Å². The van der Waals surface area contributed by atoms with Gasteiger partial charge >= 0.3 is 0 Å². The Morgan fingerprint density at radius 2 is 2.29 bits per heavy atom. The van der Waals surface area contributed by atoms with E-state index in [1.54, 1.807) is 6.08 Å². The standard InChI is InChI=1S/C12H15FN2O2/c1-2-5-15(6-7-16)12(17)9-3-4-11(14)10(13)8-9/h2-4,8,16H,1,5-7,14H2. The van der Waals surface area contributed by atoms with Crippen LogP contribution in [0.3, 0.4) is 0 Å². The fourth-order valence-corrected chi connectivity index (χ4v) is 1.40. The SMILES string of the molecule is C=CCN(CCO)C(=O)c1ccc(N)c(F)c1. The van der Waals surface area contributed by atoms with E-state index < -0.39 is 5.82 Å². The third-order valence-electron chi connectivity index (χ3n) is 2.25. The summed E-state index contributed by atoms with van der Waals surface area (Å²) in [5.41, 5.74) is 5.53. The minimum atomic E-state index is -0.626. The molecule has 4 nitrogen and oxygen atoms in total. The van der Waals surface area contributed by atoms with Crippen LogP contribution in [-0.4, -0.2) is 35.6 Å². The lowest BCUT2D eigenvalue weighted by atomic mass is 10.1. The van der Waals surface area contributed by atoms with Gasteiger partial charge in [0.05, 0.1) is 12.3 Å². The number of carbonyl (C=O) groups is 1. The summed E-state index contributed by atoms with van der Waals surface area (Å²) in [5.74, 6) is -0.990. The fraction of sp³-hybridized carbons (Fsp3) is 0.250. The molecule has 1 aromatic carbocycles. The zero-order valence-electron chi connectivity index (χ0n) is 9.40. The summed E-state index contributed by atoms with van der Waals surface area (Å²) in [6, 6.07) is 3.88. The molecule has 1 amide bonds. The van der Waals surface area contributed by atoms with Crippen LogP contribution >= 0.6 is 0 Å². The molecule has 0 fully saturated rings. The molecule has 0 radical (unpaired) electrons. The second-order valence-corrected chi connectivity index (χ2v) is 3.50. The van der Waals surface area contributed by atoms with Gasteiger partial charge in [0.25, 0.3) is 5.91 Å². The molecule has 0 aliphatic heterocycles.